The van der Waals surface area contributed by atoms with Gasteiger partial charge in [0.05, 0.1) is 6.61 Å². The Bertz CT molecular complexity index is 236. The fourth-order valence-corrected chi connectivity index (χ4v) is 2.03. The van der Waals surface area contributed by atoms with Crippen molar-refractivity contribution in [3.63, 3.8) is 0 Å². The van der Waals surface area contributed by atoms with Crippen molar-refractivity contribution in [2.45, 2.75) is 84.5 Å². The number of esters is 1. The van der Waals surface area contributed by atoms with Gasteiger partial charge in [0, 0.05) is 0 Å². The highest BCUT2D eigenvalue weighted by molar-refractivity contribution is 5.94. The van der Waals surface area contributed by atoms with Gasteiger partial charge in [0.15, 0.2) is 0 Å². The standard InChI is InChI=1S/C16H30O3/c1-3-4-5-6-7-8-9-10-11-12-13-19-16(18)14-15(2)17/h3-14H2,1-2H3. The van der Waals surface area contributed by atoms with Crippen LogP contribution >= 0.6 is 0 Å². The molecule has 0 saturated carbocycles. The smallest absolute Gasteiger partial charge is 0.313 e. The van der Waals surface area contributed by atoms with Crippen molar-refractivity contribution >= 4 is 11.8 Å². The van der Waals surface area contributed by atoms with Gasteiger partial charge in [-0.05, 0) is 13.3 Å². The van der Waals surface area contributed by atoms with E-state index >= 15 is 0 Å². The van der Waals surface area contributed by atoms with Crippen LogP contribution in [-0.2, 0) is 14.3 Å². The summed E-state index contributed by atoms with van der Waals surface area (Å²) in [6.07, 6.45) is 12.6. The maximum absolute atomic E-state index is 11.1. The predicted molar refractivity (Wildman–Crippen MR) is 78.1 cm³/mol. The summed E-state index contributed by atoms with van der Waals surface area (Å²) in [5.74, 6) is -0.517. The van der Waals surface area contributed by atoms with Crippen LogP contribution in [0, 0.1) is 0 Å². The van der Waals surface area contributed by atoms with Crippen LogP contribution in [0.15, 0.2) is 0 Å². The first-order valence-electron chi connectivity index (χ1n) is 7.82. The number of Topliss-reactive ketones (excluding diaryl/α,β-unsaturated/α-hetero) is 1. The van der Waals surface area contributed by atoms with Crippen LogP contribution in [0.25, 0.3) is 0 Å². The molecule has 0 aromatic rings. The summed E-state index contributed by atoms with van der Waals surface area (Å²) in [5.41, 5.74) is 0. The van der Waals surface area contributed by atoms with Crippen molar-refractivity contribution in [2.75, 3.05) is 6.61 Å². The highest BCUT2D eigenvalue weighted by atomic mass is 16.5. The second-order valence-electron chi connectivity index (χ2n) is 5.28. The molecule has 0 saturated heterocycles. The van der Waals surface area contributed by atoms with Crippen molar-refractivity contribution in [2.24, 2.45) is 0 Å². The summed E-state index contributed by atoms with van der Waals surface area (Å²) in [5, 5.41) is 0. The lowest BCUT2D eigenvalue weighted by molar-refractivity contribution is -0.145. The molecule has 0 aromatic carbocycles. The average Bonchev–Trinajstić information content (AvgIpc) is 2.35. The maximum atomic E-state index is 11.1. The number of unbranched alkanes of at least 4 members (excludes halogenated alkanes) is 9. The van der Waals surface area contributed by atoms with Crippen LogP contribution in [0.3, 0.4) is 0 Å². The Balaban J connectivity index is 3.10. The van der Waals surface area contributed by atoms with Gasteiger partial charge >= 0.3 is 5.97 Å². The molecule has 3 heteroatoms. The van der Waals surface area contributed by atoms with Gasteiger partial charge in [-0.25, -0.2) is 0 Å². The molecular formula is C16H30O3. The number of hydrogen-bond acceptors (Lipinski definition) is 3. The first-order chi connectivity index (χ1) is 9.16. The number of carbonyl (C=O) groups is 2. The van der Waals surface area contributed by atoms with Crippen molar-refractivity contribution in [3.05, 3.63) is 0 Å². The number of hydrogen-bond donors (Lipinski definition) is 0. The van der Waals surface area contributed by atoms with Crippen LogP contribution < -0.4 is 0 Å². The Hall–Kier alpha value is -0.860. The largest absolute Gasteiger partial charge is 0.465 e. The lowest BCUT2D eigenvalue weighted by atomic mass is 10.1. The Morgan fingerprint density at radius 2 is 1.26 bits per heavy atom. The summed E-state index contributed by atoms with van der Waals surface area (Å²) in [6, 6.07) is 0. The van der Waals surface area contributed by atoms with E-state index in [0.717, 1.165) is 12.8 Å². The number of ether oxygens (including phenoxy) is 1. The summed E-state index contributed by atoms with van der Waals surface area (Å²) in [4.78, 5) is 21.7. The van der Waals surface area contributed by atoms with Crippen LogP contribution in [0.2, 0.25) is 0 Å². The third kappa shape index (κ3) is 15.1. The van der Waals surface area contributed by atoms with Crippen LogP contribution in [0.4, 0.5) is 0 Å². The van der Waals surface area contributed by atoms with Gasteiger partial charge in [0.2, 0.25) is 0 Å². The van der Waals surface area contributed by atoms with Crippen LogP contribution in [0.1, 0.15) is 84.5 Å². The van der Waals surface area contributed by atoms with Crippen LogP contribution in [0.5, 0.6) is 0 Å². The van der Waals surface area contributed by atoms with E-state index < -0.39 is 0 Å². The first-order valence-corrected chi connectivity index (χ1v) is 7.82. The third-order valence-corrected chi connectivity index (χ3v) is 3.15. The quantitative estimate of drug-likeness (QED) is 0.282. The fourth-order valence-electron chi connectivity index (χ4n) is 2.03. The highest BCUT2D eigenvalue weighted by Crippen LogP contribution is 2.10. The summed E-state index contributed by atoms with van der Waals surface area (Å²) in [6.45, 7) is 4.10. The van der Waals surface area contributed by atoms with Gasteiger partial charge in [-0.2, -0.15) is 0 Å². The summed E-state index contributed by atoms with van der Waals surface area (Å²) in [7, 11) is 0. The van der Waals surface area contributed by atoms with Gasteiger partial charge in [0.1, 0.15) is 12.2 Å². The molecule has 112 valence electrons. The zero-order valence-corrected chi connectivity index (χ0v) is 12.7. The molecule has 0 bridgehead atoms. The Morgan fingerprint density at radius 1 is 0.789 bits per heavy atom. The minimum atomic E-state index is -0.386. The van der Waals surface area contributed by atoms with Gasteiger partial charge in [-0.3, -0.25) is 9.59 Å². The Morgan fingerprint density at radius 3 is 1.74 bits per heavy atom. The lowest BCUT2D eigenvalue weighted by Gasteiger charge is -2.04. The molecule has 0 rings (SSSR count). The molecule has 0 fully saturated rings. The van der Waals surface area contributed by atoms with Gasteiger partial charge < -0.3 is 4.74 Å². The van der Waals surface area contributed by atoms with E-state index in [1.165, 1.54) is 58.3 Å². The number of rotatable bonds is 13. The molecule has 0 heterocycles. The van der Waals surface area contributed by atoms with E-state index in [1.54, 1.807) is 0 Å². The molecule has 0 N–H and O–H groups in total. The molecule has 0 atom stereocenters. The number of carbonyl (C=O) groups excluding carboxylic acids is 2. The maximum Gasteiger partial charge on any atom is 0.313 e. The zero-order chi connectivity index (χ0) is 14.3. The molecule has 0 unspecified atom stereocenters. The molecule has 0 spiro atoms. The van der Waals surface area contributed by atoms with Gasteiger partial charge in [-0.1, -0.05) is 64.7 Å². The minimum Gasteiger partial charge on any atom is -0.465 e. The van der Waals surface area contributed by atoms with Crippen molar-refractivity contribution in [3.8, 4) is 0 Å². The van der Waals surface area contributed by atoms with E-state index in [1.807, 2.05) is 0 Å². The van der Waals surface area contributed by atoms with Crippen LogP contribution in [-0.4, -0.2) is 18.4 Å². The Kier molecular flexibility index (Phi) is 13.0. The molecule has 0 amide bonds. The topological polar surface area (TPSA) is 43.4 Å². The van der Waals surface area contributed by atoms with Crippen molar-refractivity contribution in [1.29, 1.82) is 0 Å². The average molecular weight is 270 g/mol. The second-order valence-corrected chi connectivity index (χ2v) is 5.28. The fraction of sp³-hybridized carbons (Fsp3) is 0.875. The monoisotopic (exact) mass is 270 g/mol. The molecule has 0 aliphatic rings. The normalized spacial score (nSPS) is 10.4. The summed E-state index contributed by atoms with van der Waals surface area (Å²) >= 11 is 0. The van der Waals surface area contributed by atoms with E-state index in [-0.39, 0.29) is 18.2 Å². The second kappa shape index (κ2) is 13.6. The van der Waals surface area contributed by atoms with Gasteiger partial charge in [0.25, 0.3) is 0 Å². The molecule has 3 nitrogen and oxygen atoms in total. The molecule has 0 aliphatic carbocycles. The molecular weight excluding hydrogens is 240 g/mol. The zero-order valence-electron chi connectivity index (χ0n) is 12.7. The number of ketones is 1. The third-order valence-electron chi connectivity index (χ3n) is 3.15. The molecule has 19 heavy (non-hydrogen) atoms. The molecule has 0 radical (unpaired) electrons. The van der Waals surface area contributed by atoms with Gasteiger partial charge in [-0.15, -0.1) is 0 Å². The first kappa shape index (κ1) is 18.1. The Labute approximate surface area is 118 Å². The SMILES string of the molecule is CCCCCCCCCCCCOC(=O)CC(C)=O. The molecule has 0 aliphatic heterocycles. The van der Waals surface area contributed by atoms with E-state index in [2.05, 4.69) is 6.92 Å². The predicted octanol–water partition coefficient (Wildman–Crippen LogP) is 4.43. The summed E-state index contributed by atoms with van der Waals surface area (Å²) < 4.78 is 4.97. The lowest BCUT2D eigenvalue weighted by Crippen LogP contribution is -2.09. The van der Waals surface area contributed by atoms with E-state index in [0.29, 0.717) is 6.61 Å². The molecule has 0 aromatic heterocycles. The highest BCUT2D eigenvalue weighted by Gasteiger charge is 2.05. The van der Waals surface area contributed by atoms with Crippen molar-refractivity contribution < 1.29 is 14.3 Å². The van der Waals surface area contributed by atoms with E-state index in [9.17, 15) is 9.59 Å². The minimum absolute atomic E-state index is 0.0856. The van der Waals surface area contributed by atoms with E-state index in [4.69, 9.17) is 4.74 Å². The van der Waals surface area contributed by atoms with Crippen molar-refractivity contribution in [1.82, 2.24) is 0 Å².